The average Bonchev–Trinajstić information content (AvgIpc) is 3.02. The van der Waals surface area contributed by atoms with Gasteiger partial charge in [0.2, 0.25) is 11.9 Å². The van der Waals surface area contributed by atoms with Crippen LogP contribution in [0.5, 0.6) is 0 Å². The minimum atomic E-state index is -0.820. The monoisotopic (exact) mass is 294 g/mol. The first-order valence-electron chi connectivity index (χ1n) is 6.10. The molecule has 1 fully saturated rings. The van der Waals surface area contributed by atoms with Gasteiger partial charge in [0.1, 0.15) is 6.23 Å². The Bertz CT molecular complexity index is 727. The summed E-state index contributed by atoms with van der Waals surface area (Å²) in [5, 5.41) is 12.8. The van der Waals surface area contributed by atoms with Gasteiger partial charge < -0.3 is 15.6 Å². The van der Waals surface area contributed by atoms with Crippen molar-refractivity contribution in [3.05, 3.63) is 22.7 Å². The molecule has 21 heavy (non-hydrogen) atoms. The molecule has 2 aromatic rings. The quantitative estimate of drug-likeness (QED) is 0.364. The maximum atomic E-state index is 13.6. The normalized spacial score (nSPS) is 25.1. The predicted molar refractivity (Wildman–Crippen MR) is 68.2 cm³/mol. The van der Waals surface area contributed by atoms with Crippen LogP contribution in [-0.2, 0) is 4.74 Å². The lowest BCUT2D eigenvalue weighted by molar-refractivity contribution is -0.0232. The Morgan fingerprint density at radius 2 is 2.43 bits per heavy atom. The fraction of sp³-hybridized carbons (Fsp3) is 0.500. The molecule has 0 amide bonds. The summed E-state index contributed by atoms with van der Waals surface area (Å²) in [5.41, 5.74) is 14.1. The summed E-state index contributed by atoms with van der Waals surface area (Å²) in [7, 11) is 0. The van der Waals surface area contributed by atoms with Crippen LogP contribution in [0, 0.1) is 5.95 Å². The molecule has 0 bridgehead atoms. The van der Waals surface area contributed by atoms with Gasteiger partial charge in [-0.15, -0.1) is 0 Å². The highest BCUT2D eigenvalue weighted by atomic mass is 19.1. The van der Waals surface area contributed by atoms with Crippen molar-refractivity contribution in [3.8, 4) is 0 Å². The van der Waals surface area contributed by atoms with Crippen LogP contribution in [0.4, 0.5) is 10.3 Å². The minimum absolute atomic E-state index is 0.0272. The van der Waals surface area contributed by atoms with Gasteiger partial charge in [0.05, 0.1) is 25.1 Å². The van der Waals surface area contributed by atoms with Gasteiger partial charge in [-0.1, -0.05) is 5.11 Å². The molecule has 1 aliphatic heterocycles. The fourth-order valence-corrected chi connectivity index (χ4v) is 2.35. The molecule has 0 spiro atoms. The molecule has 0 unspecified atom stereocenters. The number of anilines is 1. The number of imidazole rings is 1. The molecule has 1 aliphatic rings. The third-order valence-electron chi connectivity index (χ3n) is 3.29. The van der Waals surface area contributed by atoms with Gasteiger partial charge >= 0.3 is 0 Å². The van der Waals surface area contributed by atoms with Crippen LogP contribution in [0.1, 0.15) is 12.6 Å². The molecule has 3 atom stereocenters. The Kier molecular flexibility index (Phi) is 3.29. The Morgan fingerprint density at radius 3 is 3.14 bits per heavy atom. The van der Waals surface area contributed by atoms with Crippen molar-refractivity contribution >= 4 is 17.1 Å². The summed E-state index contributed by atoms with van der Waals surface area (Å²) in [6.45, 7) is -0.293. The first kappa shape index (κ1) is 13.5. The molecule has 3 rings (SSSR count). The Hall–Kier alpha value is -2.49. The number of nitrogen functional groups attached to an aromatic ring is 1. The SMILES string of the molecule is [N-]=[N+]=N[C@@H]1C[C@@H](n2cnc3c(F)nc(N)nc32)O[C@H]1CO. The summed E-state index contributed by atoms with van der Waals surface area (Å²) in [4.78, 5) is 14.0. The zero-order valence-corrected chi connectivity index (χ0v) is 10.7. The van der Waals surface area contributed by atoms with E-state index in [4.69, 9.17) is 16.0 Å². The molecule has 0 aliphatic carbocycles. The van der Waals surface area contributed by atoms with Crippen molar-refractivity contribution in [2.45, 2.75) is 24.8 Å². The number of nitrogens with zero attached hydrogens (tertiary/aromatic N) is 7. The number of halogens is 1. The molecule has 2 aromatic heterocycles. The molecule has 0 aromatic carbocycles. The van der Waals surface area contributed by atoms with Crippen LogP contribution in [0.2, 0.25) is 0 Å². The number of azide groups is 1. The summed E-state index contributed by atoms with van der Waals surface area (Å²) in [6, 6.07) is -0.522. The maximum Gasteiger partial charge on any atom is 0.245 e. The van der Waals surface area contributed by atoms with E-state index in [1.165, 1.54) is 10.9 Å². The number of rotatable bonds is 3. The van der Waals surface area contributed by atoms with Crippen molar-refractivity contribution in [2.24, 2.45) is 5.11 Å². The predicted octanol–water partition coefficient (Wildman–Crippen LogP) is 0.506. The van der Waals surface area contributed by atoms with Crippen LogP contribution in [0.3, 0.4) is 0 Å². The Balaban J connectivity index is 2.00. The number of ether oxygens (including phenoxy) is 1. The number of aliphatic hydroxyl groups excluding tert-OH is 1. The number of nitrogens with two attached hydrogens (primary N) is 1. The van der Waals surface area contributed by atoms with Crippen LogP contribution >= 0.6 is 0 Å². The van der Waals surface area contributed by atoms with Crippen molar-refractivity contribution in [1.82, 2.24) is 19.5 Å². The molecule has 10 nitrogen and oxygen atoms in total. The van der Waals surface area contributed by atoms with Crippen molar-refractivity contribution in [1.29, 1.82) is 0 Å². The van der Waals surface area contributed by atoms with E-state index in [9.17, 15) is 9.50 Å². The number of hydrogen-bond acceptors (Lipinski definition) is 7. The van der Waals surface area contributed by atoms with Crippen molar-refractivity contribution in [3.63, 3.8) is 0 Å². The third kappa shape index (κ3) is 2.23. The molecular weight excluding hydrogens is 283 g/mol. The van der Waals surface area contributed by atoms with E-state index >= 15 is 0 Å². The minimum Gasteiger partial charge on any atom is -0.394 e. The lowest BCUT2D eigenvalue weighted by atomic mass is 10.1. The molecule has 1 saturated heterocycles. The second kappa shape index (κ2) is 5.13. The molecule has 3 heterocycles. The molecule has 0 saturated carbocycles. The van der Waals surface area contributed by atoms with Gasteiger partial charge in [0.25, 0.3) is 0 Å². The molecular formula is C10H11FN8O2. The Morgan fingerprint density at radius 1 is 1.62 bits per heavy atom. The lowest BCUT2D eigenvalue weighted by Crippen LogP contribution is -2.22. The molecule has 0 radical (unpaired) electrons. The number of fused-ring (bicyclic) bond motifs is 1. The second-order valence-corrected chi connectivity index (χ2v) is 4.52. The topological polar surface area (TPSA) is 148 Å². The van der Waals surface area contributed by atoms with E-state index in [-0.39, 0.29) is 23.7 Å². The van der Waals surface area contributed by atoms with Crippen molar-refractivity contribution < 1.29 is 14.2 Å². The fourth-order valence-electron chi connectivity index (χ4n) is 2.35. The van der Waals surface area contributed by atoms with Crippen LogP contribution < -0.4 is 5.73 Å². The molecule has 110 valence electrons. The smallest absolute Gasteiger partial charge is 0.245 e. The van der Waals surface area contributed by atoms with Gasteiger partial charge in [0, 0.05) is 11.3 Å². The highest BCUT2D eigenvalue weighted by Crippen LogP contribution is 2.32. The van der Waals surface area contributed by atoms with Gasteiger partial charge in [-0.3, -0.25) is 4.57 Å². The zero-order valence-electron chi connectivity index (χ0n) is 10.7. The molecule has 11 heteroatoms. The summed E-state index contributed by atoms with van der Waals surface area (Å²) < 4.78 is 20.7. The van der Waals surface area contributed by atoms with Gasteiger partial charge in [-0.2, -0.15) is 14.4 Å². The van der Waals surface area contributed by atoms with Crippen molar-refractivity contribution in [2.75, 3.05) is 12.3 Å². The maximum absolute atomic E-state index is 13.6. The van der Waals surface area contributed by atoms with E-state index in [1.807, 2.05) is 0 Å². The summed E-state index contributed by atoms with van der Waals surface area (Å²) in [5.74, 6) is -1.04. The number of aliphatic hydroxyl groups is 1. The summed E-state index contributed by atoms with van der Waals surface area (Å²) >= 11 is 0. The molecule has 3 N–H and O–H groups in total. The second-order valence-electron chi connectivity index (χ2n) is 4.52. The van der Waals surface area contributed by atoms with E-state index in [0.717, 1.165) is 0 Å². The summed E-state index contributed by atoms with van der Waals surface area (Å²) in [6.07, 6.45) is 0.440. The lowest BCUT2D eigenvalue weighted by Gasteiger charge is -2.13. The number of hydrogen-bond donors (Lipinski definition) is 2. The first-order valence-corrected chi connectivity index (χ1v) is 6.10. The first-order chi connectivity index (χ1) is 10.1. The third-order valence-corrected chi connectivity index (χ3v) is 3.29. The van der Waals surface area contributed by atoms with Crippen LogP contribution in [0.15, 0.2) is 11.4 Å². The highest BCUT2D eigenvalue weighted by Gasteiger charge is 2.36. The Labute approximate surface area is 117 Å². The van der Waals surface area contributed by atoms with Gasteiger partial charge in [-0.05, 0) is 5.53 Å². The van der Waals surface area contributed by atoms with Crippen LogP contribution in [0.25, 0.3) is 21.6 Å². The number of aromatic nitrogens is 4. The van der Waals surface area contributed by atoms with E-state index in [1.54, 1.807) is 0 Å². The van der Waals surface area contributed by atoms with E-state index in [2.05, 4.69) is 25.0 Å². The van der Waals surface area contributed by atoms with E-state index in [0.29, 0.717) is 6.42 Å². The highest BCUT2D eigenvalue weighted by molar-refractivity contribution is 5.71. The van der Waals surface area contributed by atoms with E-state index < -0.39 is 24.3 Å². The largest absolute Gasteiger partial charge is 0.394 e. The average molecular weight is 294 g/mol. The van der Waals surface area contributed by atoms with Gasteiger partial charge in [-0.25, -0.2) is 4.98 Å². The zero-order chi connectivity index (χ0) is 15.0. The van der Waals surface area contributed by atoms with Crippen LogP contribution in [-0.4, -0.2) is 43.4 Å². The van der Waals surface area contributed by atoms with Gasteiger partial charge in [0.15, 0.2) is 11.2 Å². The standard InChI is InChI=1S/C10H11FN8O2/c11-8-7-9(16-10(12)15-8)19(3-14-7)6-1-4(17-18-13)5(2-20)21-6/h3-6,20H,1-2H2,(H2,12,15,16)/t4-,5+,6+/m1/s1.